The number of carbonyl (C=O) groups is 1. The number of amides is 1. The van der Waals surface area contributed by atoms with E-state index in [4.69, 9.17) is 0 Å². The summed E-state index contributed by atoms with van der Waals surface area (Å²) >= 11 is 0. The molecule has 0 aliphatic rings. The lowest BCUT2D eigenvalue weighted by atomic mass is 10.00. The number of nitrogens with one attached hydrogen (secondary N) is 2. The molecule has 21 heavy (non-hydrogen) atoms. The van der Waals surface area contributed by atoms with E-state index in [9.17, 15) is 4.79 Å². The van der Waals surface area contributed by atoms with Gasteiger partial charge in [0.05, 0.1) is 0 Å². The molecule has 1 aromatic rings. The number of rotatable bonds is 7. The smallest absolute Gasteiger partial charge is 0.251 e. The molecule has 0 saturated carbocycles. The Hall–Kier alpha value is -1.58. The molecule has 0 aliphatic carbocycles. The number of aromatic nitrogens is 1. The average Bonchev–Trinajstić information content (AvgIpc) is 2.46. The Labute approximate surface area is 128 Å². The van der Waals surface area contributed by atoms with Gasteiger partial charge in [-0.2, -0.15) is 0 Å². The van der Waals surface area contributed by atoms with Crippen LogP contribution in [0.4, 0.5) is 5.82 Å². The van der Waals surface area contributed by atoms with E-state index in [2.05, 4.69) is 50.2 Å². The Morgan fingerprint density at radius 3 is 2.43 bits per heavy atom. The van der Waals surface area contributed by atoms with Crippen LogP contribution in [0.5, 0.6) is 0 Å². The molecule has 0 aromatic carbocycles. The number of pyridine rings is 1. The number of hydrogen-bond acceptors (Lipinski definition) is 3. The van der Waals surface area contributed by atoms with Crippen LogP contribution in [0.2, 0.25) is 0 Å². The van der Waals surface area contributed by atoms with Gasteiger partial charge in [0.2, 0.25) is 0 Å². The van der Waals surface area contributed by atoms with Gasteiger partial charge in [0.1, 0.15) is 5.82 Å². The van der Waals surface area contributed by atoms with Crippen molar-refractivity contribution in [3.63, 3.8) is 0 Å². The number of carbonyl (C=O) groups excluding carboxylic acids is 1. The highest BCUT2D eigenvalue weighted by Crippen LogP contribution is 2.18. The Morgan fingerprint density at radius 1 is 1.24 bits per heavy atom. The highest BCUT2D eigenvalue weighted by atomic mass is 16.1. The first kappa shape index (κ1) is 17.5. The van der Waals surface area contributed by atoms with E-state index in [1.165, 1.54) is 0 Å². The summed E-state index contributed by atoms with van der Waals surface area (Å²) in [6, 6.07) is 3.87. The fourth-order valence-corrected chi connectivity index (χ4v) is 2.24. The minimum atomic E-state index is -0.0217. The van der Waals surface area contributed by atoms with Gasteiger partial charge in [-0.1, -0.05) is 34.1 Å². The molecule has 0 bridgehead atoms. The second-order valence-corrected chi connectivity index (χ2v) is 6.19. The number of nitrogens with zero attached hydrogens (tertiary/aromatic N) is 1. The van der Waals surface area contributed by atoms with Crippen LogP contribution in [0.1, 0.15) is 69.4 Å². The SMILES string of the molecule is CCC(C)CC(C)NC(=O)c1cc(NC)nc(C(C)C)c1. The summed E-state index contributed by atoms with van der Waals surface area (Å²) in [6.45, 7) is 10.6. The van der Waals surface area contributed by atoms with Crippen molar-refractivity contribution in [3.8, 4) is 0 Å². The highest BCUT2D eigenvalue weighted by Gasteiger charge is 2.15. The van der Waals surface area contributed by atoms with Crippen LogP contribution < -0.4 is 10.6 Å². The fraction of sp³-hybridized carbons (Fsp3) is 0.647. The molecule has 2 atom stereocenters. The minimum Gasteiger partial charge on any atom is -0.373 e. The van der Waals surface area contributed by atoms with Gasteiger partial charge in [-0.3, -0.25) is 4.79 Å². The normalized spacial score (nSPS) is 13.9. The highest BCUT2D eigenvalue weighted by molar-refractivity contribution is 5.95. The standard InChI is InChI=1S/C17H29N3O/c1-7-12(4)8-13(5)19-17(21)14-9-15(11(2)3)20-16(10-14)18-6/h9-13H,7-8H2,1-6H3,(H,18,20)(H,19,21). The third-order valence-corrected chi connectivity index (χ3v) is 3.79. The first-order chi connectivity index (χ1) is 9.87. The molecule has 1 amide bonds. The van der Waals surface area contributed by atoms with Crippen molar-refractivity contribution in [3.05, 3.63) is 23.4 Å². The molecule has 0 saturated heterocycles. The lowest BCUT2D eigenvalue weighted by Crippen LogP contribution is -2.33. The molecule has 1 rings (SSSR count). The van der Waals surface area contributed by atoms with Crippen LogP contribution in [0, 0.1) is 5.92 Å². The van der Waals surface area contributed by atoms with Crippen LogP contribution in [0.15, 0.2) is 12.1 Å². The zero-order valence-electron chi connectivity index (χ0n) is 14.2. The Kier molecular flexibility index (Phi) is 6.66. The zero-order valence-corrected chi connectivity index (χ0v) is 14.2. The maximum absolute atomic E-state index is 12.4. The number of hydrogen-bond donors (Lipinski definition) is 2. The molecule has 4 nitrogen and oxygen atoms in total. The minimum absolute atomic E-state index is 0.0217. The summed E-state index contributed by atoms with van der Waals surface area (Å²) < 4.78 is 0. The molecule has 0 radical (unpaired) electrons. The van der Waals surface area contributed by atoms with Gasteiger partial charge in [0.15, 0.2) is 0 Å². The summed E-state index contributed by atoms with van der Waals surface area (Å²) in [7, 11) is 1.82. The molecular formula is C17H29N3O. The van der Waals surface area contributed by atoms with E-state index < -0.39 is 0 Å². The van der Waals surface area contributed by atoms with Crippen molar-refractivity contribution in [1.29, 1.82) is 0 Å². The van der Waals surface area contributed by atoms with Crippen LogP contribution >= 0.6 is 0 Å². The Bertz CT molecular complexity index is 471. The van der Waals surface area contributed by atoms with Crippen molar-refractivity contribution in [2.45, 2.75) is 59.4 Å². The number of anilines is 1. The predicted molar refractivity (Wildman–Crippen MR) is 88.9 cm³/mol. The second-order valence-electron chi connectivity index (χ2n) is 6.19. The van der Waals surface area contributed by atoms with E-state index >= 15 is 0 Å². The molecule has 0 aliphatic heterocycles. The first-order valence-corrected chi connectivity index (χ1v) is 7.87. The van der Waals surface area contributed by atoms with Crippen LogP contribution in [-0.2, 0) is 0 Å². The van der Waals surface area contributed by atoms with Gasteiger partial charge >= 0.3 is 0 Å². The first-order valence-electron chi connectivity index (χ1n) is 7.87. The van der Waals surface area contributed by atoms with Crippen molar-refractivity contribution >= 4 is 11.7 Å². The maximum Gasteiger partial charge on any atom is 0.251 e. The summed E-state index contributed by atoms with van der Waals surface area (Å²) in [5.74, 6) is 1.63. The topological polar surface area (TPSA) is 54.0 Å². The van der Waals surface area contributed by atoms with Gasteiger partial charge in [-0.05, 0) is 37.3 Å². The zero-order chi connectivity index (χ0) is 16.0. The van der Waals surface area contributed by atoms with Gasteiger partial charge in [0, 0.05) is 24.3 Å². The third kappa shape index (κ3) is 5.37. The van der Waals surface area contributed by atoms with Crippen LogP contribution in [0.3, 0.4) is 0 Å². The second kappa shape index (κ2) is 8.01. The van der Waals surface area contributed by atoms with Gasteiger partial charge in [-0.15, -0.1) is 0 Å². The maximum atomic E-state index is 12.4. The molecular weight excluding hydrogens is 262 g/mol. The van der Waals surface area contributed by atoms with E-state index in [0.29, 0.717) is 17.4 Å². The quantitative estimate of drug-likeness (QED) is 0.803. The summed E-state index contributed by atoms with van der Waals surface area (Å²) in [5.41, 5.74) is 1.61. The lowest BCUT2D eigenvalue weighted by molar-refractivity contribution is 0.0935. The third-order valence-electron chi connectivity index (χ3n) is 3.79. The van der Waals surface area contributed by atoms with Crippen molar-refractivity contribution in [2.75, 3.05) is 12.4 Å². The van der Waals surface area contributed by atoms with E-state index in [0.717, 1.165) is 24.4 Å². The van der Waals surface area contributed by atoms with E-state index in [1.807, 2.05) is 13.1 Å². The van der Waals surface area contributed by atoms with Gasteiger partial charge in [-0.25, -0.2) is 4.98 Å². The molecule has 0 fully saturated rings. The lowest BCUT2D eigenvalue weighted by Gasteiger charge is -2.18. The van der Waals surface area contributed by atoms with E-state index in [1.54, 1.807) is 6.07 Å². The molecule has 1 heterocycles. The molecule has 4 heteroatoms. The summed E-state index contributed by atoms with van der Waals surface area (Å²) in [6.07, 6.45) is 2.14. The average molecular weight is 291 g/mol. The molecule has 0 spiro atoms. The van der Waals surface area contributed by atoms with Crippen LogP contribution in [0.25, 0.3) is 0 Å². The molecule has 2 N–H and O–H groups in total. The Balaban J connectivity index is 2.84. The van der Waals surface area contributed by atoms with Crippen molar-refractivity contribution < 1.29 is 4.79 Å². The Morgan fingerprint density at radius 2 is 1.90 bits per heavy atom. The fourth-order valence-electron chi connectivity index (χ4n) is 2.24. The summed E-state index contributed by atoms with van der Waals surface area (Å²) in [4.78, 5) is 16.9. The molecule has 118 valence electrons. The van der Waals surface area contributed by atoms with E-state index in [-0.39, 0.29) is 11.9 Å². The predicted octanol–water partition coefficient (Wildman–Crippen LogP) is 3.80. The molecule has 2 unspecified atom stereocenters. The monoisotopic (exact) mass is 291 g/mol. The van der Waals surface area contributed by atoms with Gasteiger partial charge in [0.25, 0.3) is 5.91 Å². The van der Waals surface area contributed by atoms with Crippen molar-refractivity contribution in [2.24, 2.45) is 5.92 Å². The largest absolute Gasteiger partial charge is 0.373 e. The molecule has 1 aromatic heterocycles. The summed E-state index contributed by atoms with van der Waals surface area (Å²) in [5, 5.41) is 6.11. The van der Waals surface area contributed by atoms with Gasteiger partial charge < -0.3 is 10.6 Å². The van der Waals surface area contributed by atoms with Crippen LogP contribution in [-0.4, -0.2) is 24.0 Å². The van der Waals surface area contributed by atoms with Crippen molar-refractivity contribution in [1.82, 2.24) is 10.3 Å².